The van der Waals surface area contributed by atoms with Gasteiger partial charge in [-0.25, -0.2) is 5.01 Å². The van der Waals surface area contributed by atoms with Gasteiger partial charge in [-0.1, -0.05) is 5.22 Å². The molecule has 0 N–H and O–H groups in total. The van der Waals surface area contributed by atoms with Crippen molar-refractivity contribution in [1.29, 1.82) is 0 Å². The van der Waals surface area contributed by atoms with E-state index >= 15 is 0 Å². The first-order valence-corrected chi connectivity index (χ1v) is 2.36. The van der Waals surface area contributed by atoms with Gasteiger partial charge in [0.1, 0.15) is 0 Å². The van der Waals surface area contributed by atoms with Crippen molar-refractivity contribution >= 4 is 6.41 Å². The Hall–Kier alpha value is -0.930. The van der Waals surface area contributed by atoms with Gasteiger partial charge in [0.2, 0.25) is 6.41 Å². The summed E-state index contributed by atoms with van der Waals surface area (Å²) in [5.41, 5.74) is 0. The third-order valence-electron chi connectivity index (χ3n) is 0.498. The minimum absolute atomic E-state index is 0.596. The zero-order chi connectivity index (χ0) is 6.41. The highest BCUT2D eigenvalue weighted by atomic mass is 16.1. The molecule has 0 fully saturated rings. The quantitative estimate of drug-likeness (QED) is 0.299. The molecule has 0 saturated carbocycles. The Morgan fingerprint density at radius 3 is 2.75 bits per heavy atom. The van der Waals surface area contributed by atoms with Crippen molar-refractivity contribution in [1.82, 2.24) is 5.01 Å². The van der Waals surface area contributed by atoms with Gasteiger partial charge in [0.05, 0.1) is 6.54 Å². The fraction of sp³-hybridized carbons (Fsp3) is 0.750. The highest BCUT2D eigenvalue weighted by Gasteiger charge is 1.80. The van der Waals surface area contributed by atoms with E-state index in [0.29, 0.717) is 13.0 Å². The minimum atomic E-state index is 0.596. The minimum Gasteiger partial charge on any atom is -0.277 e. The Morgan fingerprint density at radius 2 is 2.38 bits per heavy atom. The molecule has 0 aromatic heterocycles. The van der Waals surface area contributed by atoms with Gasteiger partial charge in [-0.15, -0.1) is 0 Å². The average molecular weight is 115 g/mol. The van der Waals surface area contributed by atoms with Crippen molar-refractivity contribution < 1.29 is 4.79 Å². The van der Waals surface area contributed by atoms with E-state index in [0.717, 1.165) is 5.01 Å². The van der Waals surface area contributed by atoms with Gasteiger partial charge >= 0.3 is 0 Å². The van der Waals surface area contributed by atoms with Crippen LogP contribution in [0.4, 0.5) is 0 Å². The van der Waals surface area contributed by atoms with E-state index in [2.05, 4.69) is 10.3 Å². The summed E-state index contributed by atoms with van der Waals surface area (Å²) in [4.78, 5) is 9.78. The lowest BCUT2D eigenvalue weighted by atomic mass is 10.8. The van der Waals surface area contributed by atoms with Gasteiger partial charge in [0.15, 0.2) is 0 Å². The molecule has 0 atom stereocenters. The number of hydrogen-bond donors (Lipinski definition) is 0. The molecule has 0 aliphatic heterocycles. The Labute approximate surface area is 48.2 Å². The molecule has 0 radical (unpaired) electrons. The first-order chi connectivity index (χ1) is 3.81. The number of hydrogen-bond acceptors (Lipinski definition) is 3. The van der Waals surface area contributed by atoms with Gasteiger partial charge in [0, 0.05) is 7.05 Å². The van der Waals surface area contributed by atoms with E-state index in [1.165, 1.54) is 7.05 Å². The van der Waals surface area contributed by atoms with Crippen molar-refractivity contribution in [3.05, 3.63) is 0 Å². The normalized spacial score (nSPS) is 9.75. The lowest BCUT2D eigenvalue weighted by Crippen LogP contribution is -2.05. The van der Waals surface area contributed by atoms with Crippen LogP contribution < -0.4 is 0 Å². The Morgan fingerprint density at radius 1 is 1.75 bits per heavy atom. The number of rotatable bonds is 3. The van der Waals surface area contributed by atoms with E-state index in [1.807, 2.05) is 6.92 Å². The van der Waals surface area contributed by atoms with Gasteiger partial charge in [-0.3, -0.25) is 4.79 Å². The lowest BCUT2D eigenvalue weighted by molar-refractivity contribution is -0.117. The lowest BCUT2D eigenvalue weighted by Gasteiger charge is -1.95. The molecule has 8 heavy (non-hydrogen) atoms. The van der Waals surface area contributed by atoms with Crippen LogP contribution in [0.5, 0.6) is 0 Å². The summed E-state index contributed by atoms with van der Waals surface area (Å²) in [6.45, 7) is 2.46. The number of amides is 1. The molecule has 0 aliphatic rings. The molecular weight excluding hydrogens is 106 g/mol. The summed E-state index contributed by atoms with van der Waals surface area (Å²) < 4.78 is 0. The fourth-order valence-electron chi connectivity index (χ4n) is 0.184. The maximum Gasteiger partial charge on any atom is 0.230 e. The van der Waals surface area contributed by atoms with Gasteiger partial charge in [-0.05, 0) is 6.92 Å². The van der Waals surface area contributed by atoms with Crippen molar-refractivity contribution in [2.24, 2.45) is 10.3 Å². The first-order valence-electron chi connectivity index (χ1n) is 2.36. The summed E-state index contributed by atoms with van der Waals surface area (Å²) in [7, 11) is 1.53. The van der Waals surface area contributed by atoms with Crippen molar-refractivity contribution in [3.8, 4) is 0 Å². The summed E-state index contributed by atoms with van der Waals surface area (Å²) in [5.74, 6) is 0. The second-order valence-corrected chi connectivity index (χ2v) is 1.23. The second kappa shape index (κ2) is 4.23. The third-order valence-corrected chi connectivity index (χ3v) is 0.498. The molecule has 1 amide bonds. The van der Waals surface area contributed by atoms with Crippen LogP contribution in [0.15, 0.2) is 10.3 Å². The van der Waals surface area contributed by atoms with Crippen LogP contribution in [0.1, 0.15) is 6.92 Å². The maximum atomic E-state index is 9.78. The summed E-state index contributed by atoms with van der Waals surface area (Å²) in [5, 5.41) is 8.13. The highest BCUT2D eigenvalue weighted by Crippen LogP contribution is 1.77. The standard InChI is InChI=1S/C4H9N3O/c1-3-5-6-7(2)4-8/h4H,3H2,1-2H3/b6-5+. The van der Waals surface area contributed by atoms with Crippen LogP contribution in [0.2, 0.25) is 0 Å². The predicted octanol–water partition coefficient (Wildman–Crippen LogP) is 0.462. The smallest absolute Gasteiger partial charge is 0.230 e. The van der Waals surface area contributed by atoms with E-state index in [9.17, 15) is 4.79 Å². The van der Waals surface area contributed by atoms with Gasteiger partial charge < -0.3 is 0 Å². The summed E-state index contributed by atoms with van der Waals surface area (Å²) in [6, 6.07) is 0. The van der Waals surface area contributed by atoms with E-state index < -0.39 is 0 Å². The molecule has 0 heterocycles. The Bertz CT molecular complexity index is 91.3. The van der Waals surface area contributed by atoms with E-state index in [4.69, 9.17) is 0 Å². The highest BCUT2D eigenvalue weighted by molar-refractivity contribution is 5.45. The third kappa shape index (κ3) is 3.27. The molecule has 46 valence electrons. The fourth-order valence-corrected chi connectivity index (χ4v) is 0.184. The molecule has 0 saturated heterocycles. The summed E-state index contributed by atoms with van der Waals surface area (Å²) in [6.07, 6.45) is 0.596. The molecule has 0 aromatic rings. The van der Waals surface area contributed by atoms with Crippen LogP contribution in [-0.2, 0) is 4.79 Å². The monoisotopic (exact) mass is 115 g/mol. The SMILES string of the molecule is CC/N=N/N(C)C=O. The molecular formula is C4H9N3O. The summed E-state index contributed by atoms with van der Waals surface area (Å²) >= 11 is 0. The molecule has 0 spiro atoms. The molecule has 0 aliphatic carbocycles. The predicted molar refractivity (Wildman–Crippen MR) is 29.2 cm³/mol. The van der Waals surface area contributed by atoms with Crippen LogP contribution in [0.3, 0.4) is 0 Å². The molecule has 0 bridgehead atoms. The van der Waals surface area contributed by atoms with Gasteiger partial charge in [-0.2, -0.15) is 5.11 Å². The van der Waals surface area contributed by atoms with Crippen LogP contribution in [-0.4, -0.2) is 25.0 Å². The number of carbonyl (C=O) groups excluding carboxylic acids is 1. The molecule has 0 aromatic carbocycles. The van der Waals surface area contributed by atoms with Crippen molar-refractivity contribution in [2.45, 2.75) is 6.92 Å². The average Bonchev–Trinajstić information content (AvgIpc) is 1.83. The molecule has 0 unspecified atom stereocenters. The maximum absolute atomic E-state index is 9.78. The number of nitrogens with zero attached hydrogens (tertiary/aromatic N) is 3. The largest absolute Gasteiger partial charge is 0.277 e. The topological polar surface area (TPSA) is 45.0 Å². The van der Waals surface area contributed by atoms with E-state index in [-0.39, 0.29) is 0 Å². The molecule has 4 nitrogen and oxygen atoms in total. The van der Waals surface area contributed by atoms with Crippen molar-refractivity contribution in [3.63, 3.8) is 0 Å². The Balaban J connectivity index is 3.35. The zero-order valence-corrected chi connectivity index (χ0v) is 5.03. The van der Waals surface area contributed by atoms with Crippen molar-refractivity contribution in [2.75, 3.05) is 13.6 Å². The Kier molecular flexibility index (Phi) is 3.74. The van der Waals surface area contributed by atoms with Crippen LogP contribution >= 0.6 is 0 Å². The zero-order valence-electron chi connectivity index (χ0n) is 5.03. The van der Waals surface area contributed by atoms with Crippen LogP contribution in [0, 0.1) is 0 Å². The molecule has 4 heteroatoms. The van der Waals surface area contributed by atoms with Gasteiger partial charge in [0.25, 0.3) is 0 Å². The first kappa shape index (κ1) is 7.07. The number of carbonyl (C=O) groups is 1. The second-order valence-electron chi connectivity index (χ2n) is 1.23. The van der Waals surface area contributed by atoms with E-state index in [1.54, 1.807) is 0 Å². The molecule has 0 rings (SSSR count). The van der Waals surface area contributed by atoms with Crippen LogP contribution in [0.25, 0.3) is 0 Å².